The molecule has 0 aliphatic heterocycles. The van der Waals surface area contributed by atoms with Crippen molar-refractivity contribution in [2.45, 2.75) is 83.5 Å². The highest BCUT2D eigenvalue weighted by Crippen LogP contribution is 2.54. The third kappa shape index (κ3) is 4.63. The number of unbranched alkanes of at least 4 members (excludes halogenated alkanes) is 1. The number of rotatable bonds is 10. The number of carbonyl (C=O) groups is 3. The summed E-state index contributed by atoms with van der Waals surface area (Å²) in [6.45, 7) is 2.12. The third-order valence-corrected chi connectivity index (χ3v) is 8.05. The second-order valence-electron chi connectivity index (χ2n) is 9.05. The van der Waals surface area contributed by atoms with E-state index < -0.39 is 23.3 Å². The van der Waals surface area contributed by atoms with Gasteiger partial charge in [-0.2, -0.15) is 0 Å². The molecule has 0 bridgehead atoms. The number of Topliss-reactive ketones (excluding diaryl/α,β-unsaturated/α-hetero) is 1. The summed E-state index contributed by atoms with van der Waals surface area (Å²) in [5.41, 5.74) is 1.17. The number of hydrogen-bond acceptors (Lipinski definition) is 3. The zero-order chi connectivity index (χ0) is 22.8. The van der Waals surface area contributed by atoms with E-state index in [1.807, 2.05) is 0 Å². The van der Waals surface area contributed by atoms with Gasteiger partial charge in [0.05, 0.1) is 16.0 Å². The molecular weight excluding hydrogens is 439 g/mol. The molecule has 5 nitrogen and oxygen atoms in total. The second kappa shape index (κ2) is 9.91. The SMILES string of the molecule is CCCCC1(C2CCCC2)Cc2cc(C(CCCC(=O)O)C(=O)O)c(Cl)c(Cl)c2C1=O. The van der Waals surface area contributed by atoms with Crippen LogP contribution < -0.4 is 0 Å². The van der Waals surface area contributed by atoms with E-state index in [0.29, 0.717) is 23.5 Å². The van der Waals surface area contributed by atoms with Gasteiger partial charge in [0, 0.05) is 17.4 Å². The fourth-order valence-electron chi connectivity index (χ4n) is 5.58. The fraction of sp³-hybridized carbons (Fsp3) is 0.625. The van der Waals surface area contributed by atoms with E-state index in [1.165, 1.54) is 0 Å². The van der Waals surface area contributed by atoms with Gasteiger partial charge < -0.3 is 10.2 Å². The molecule has 0 aromatic heterocycles. The number of carboxylic acids is 2. The summed E-state index contributed by atoms with van der Waals surface area (Å²) in [4.78, 5) is 36.5. The Bertz CT molecular complexity index is 875. The number of halogens is 2. The van der Waals surface area contributed by atoms with Gasteiger partial charge in [0.25, 0.3) is 0 Å². The van der Waals surface area contributed by atoms with Crippen molar-refractivity contribution in [3.63, 3.8) is 0 Å². The molecule has 31 heavy (non-hydrogen) atoms. The number of carbonyl (C=O) groups excluding carboxylic acids is 1. The summed E-state index contributed by atoms with van der Waals surface area (Å²) in [5, 5.41) is 18.9. The van der Waals surface area contributed by atoms with E-state index in [2.05, 4.69) is 6.92 Å². The van der Waals surface area contributed by atoms with Crippen LogP contribution >= 0.6 is 23.2 Å². The fourth-order valence-corrected chi connectivity index (χ4v) is 6.18. The zero-order valence-electron chi connectivity index (χ0n) is 17.9. The van der Waals surface area contributed by atoms with Crippen LogP contribution in [0.2, 0.25) is 10.0 Å². The van der Waals surface area contributed by atoms with Crippen LogP contribution in [-0.4, -0.2) is 27.9 Å². The Morgan fingerprint density at radius 1 is 1.16 bits per heavy atom. The smallest absolute Gasteiger partial charge is 0.311 e. The Morgan fingerprint density at radius 3 is 2.42 bits per heavy atom. The van der Waals surface area contributed by atoms with Gasteiger partial charge in [0.1, 0.15) is 0 Å². The number of aliphatic carboxylic acids is 2. The molecule has 2 aliphatic carbocycles. The van der Waals surface area contributed by atoms with Gasteiger partial charge in [-0.1, -0.05) is 61.9 Å². The van der Waals surface area contributed by atoms with Gasteiger partial charge in [-0.25, -0.2) is 0 Å². The van der Waals surface area contributed by atoms with Gasteiger partial charge >= 0.3 is 11.9 Å². The molecule has 2 N–H and O–H groups in total. The first kappa shape index (κ1) is 24.1. The first-order valence-electron chi connectivity index (χ1n) is 11.2. The summed E-state index contributed by atoms with van der Waals surface area (Å²) < 4.78 is 0. The third-order valence-electron chi connectivity index (χ3n) is 7.17. The van der Waals surface area contributed by atoms with Gasteiger partial charge in [-0.05, 0) is 55.6 Å². The lowest BCUT2D eigenvalue weighted by molar-refractivity contribution is -0.140. The molecule has 1 saturated carbocycles. The van der Waals surface area contributed by atoms with Crippen molar-refractivity contribution in [2.24, 2.45) is 11.3 Å². The van der Waals surface area contributed by atoms with Crippen molar-refractivity contribution in [3.05, 3.63) is 32.8 Å². The minimum absolute atomic E-state index is 0.0686. The lowest BCUT2D eigenvalue weighted by Gasteiger charge is -2.34. The van der Waals surface area contributed by atoms with Crippen molar-refractivity contribution >= 4 is 40.9 Å². The maximum absolute atomic E-state index is 13.7. The molecule has 2 unspecified atom stereocenters. The number of ketones is 1. The molecule has 0 amide bonds. The molecule has 7 heteroatoms. The highest BCUT2D eigenvalue weighted by Gasteiger charge is 2.52. The van der Waals surface area contributed by atoms with E-state index in [1.54, 1.807) is 6.07 Å². The molecule has 0 saturated heterocycles. The maximum atomic E-state index is 13.7. The summed E-state index contributed by atoms with van der Waals surface area (Å²) in [7, 11) is 0. The second-order valence-corrected chi connectivity index (χ2v) is 9.81. The van der Waals surface area contributed by atoms with Gasteiger partial charge in [0.2, 0.25) is 0 Å². The van der Waals surface area contributed by atoms with Crippen LogP contribution in [0.15, 0.2) is 6.07 Å². The van der Waals surface area contributed by atoms with E-state index in [-0.39, 0.29) is 35.1 Å². The van der Waals surface area contributed by atoms with E-state index in [0.717, 1.165) is 50.5 Å². The molecular formula is C24H30Cl2O5. The van der Waals surface area contributed by atoms with Crippen LogP contribution in [0.25, 0.3) is 0 Å². The largest absolute Gasteiger partial charge is 0.481 e. The molecule has 2 aliphatic rings. The predicted octanol–water partition coefficient (Wildman–Crippen LogP) is 6.52. The van der Waals surface area contributed by atoms with E-state index in [9.17, 15) is 19.5 Å². The first-order chi connectivity index (χ1) is 14.7. The van der Waals surface area contributed by atoms with Gasteiger partial charge in [-0.3, -0.25) is 14.4 Å². The molecule has 1 aromatic rings. The van der Waals surface area contributed by atoms with Gasteiger partial charge in [0.15, 0.2) is 5.78 Å². The van der Waals surface area contributed by atoms with Crippen LogP contribution in [-0.2, 0) is 16.0 Å². The molecule has 1 fully saturated rings. The van der Waals surface area contributed by atoms with Crippen molar-refractivity contribution in [1.29, 1.82) is 0 Å². The Kier molecular flexibility index (Phi) is 7.69. The monoisotopic (exact) mass is 468 g/mol. The summed E-state index contributed by atoms with van der Waals surface area (Å²) in [5.74, 6) is -2.60. The highest BCUT2D eigenvalue weighted by molar-refractivity contribution is 6.45. The average molecular weight is 469 g/mol. The molecule has 170 valence electrons. The Morgan fingerprint density at radius 2 is 1.84 bits per heavy atom. The number of benzene rings is 1. The Balaban J connectivity index is 2.00. The lowest BCUT2D eigenvalue weighted by atomic mass is 9.68. The van der Waals surface area contributed by atoms with Crippen molar-refractivity contribution in [2.75, 3.05) is 0 Å². The Hall–Kier alpha value is -1.59. The van der Waals surface area contributed by atoms with Crippen molar-refractivity contribution < 1.29 is 24.6 Å². The molecule has 2 atom stereocenters. The topological polar surface area (TPSA) is 91.7 Å². The number of carboxylic acid groups (broad SMARTS) is 2. The Labute approximate surface area is 193 Å². The quantitative estimate of drug-likeness (QED) is 0.407. The van der Waals surface area contributed by atoms with Crippen molar-refractivity contribution in [1.82, 2.24) is 0 Å². The molecule has 0 spiro atoms. The van der Waals surface area contributed by atoms with Crippen LogP contribution in [0.1, 0.15) is 98.5 Å². The van der Waals surface area contributed by atoms with Crippen LogP contribution in [0.5, 0.6) is 0 Å². The number of hydrogen-bond donors (Lipinski definition) is 2. The molecule has 3 rings (SSSR count). The van der Waals surface area contributed by atoms with E-state index >= 15 is 0 Å². The molecule has 0 heterocycles. The predicted molar refractivity (Wildman–Crippen MR) is 120 cm³/mol. The maximum Gasteiger partial charge on any atom is 0.311 e. The van der Waals surface area contributed by atoms with Crippen molar-refractivity contribution in [3.8, 4) is 0 Å². The normalized spacial score (nSPS) is 22.0. The lowest BCUT2D eigenvalue weighted by Crippen LogP contribution is -2.35. The molecule has 0 radical (unpaired) electrons. The minimum Gasteiger partial charge on any atom is -0.481 e. The molecule has 1 aromatic carbocycles. The van der Waals surface area contributed by atoms with Crippen LogP contribution in [0.3, 0.4) is 0 Å². The standard InChI is InChI=1S/C24H30Cl2O5/c1-2-3-11-24(15-7-4-5-8-15)13-14-12-17(20(25)21(26)19(14)22(24)29)16(23(30)31)9-6-10-18(27)28/h12,15-16H,2-11,13H2,1H3,(H,27,28)(H,30,31). The summed E-state index contributed by atoms with van der Waals surface area (Å²) in [6.07, 6.45) is 7.95. The average Bonchev–Trinajstić information content (AvgIpc) is 3.34. The summed E-state index contributed by atoms with van der Waals surface area (Å²) in [6, 6.07) is 1.75. The zero-order valence-corrected chi connectivity index (χ0v) is 19.4. The first-order valence-corrected chi connectivity index (χ1v) is 12.0. The minimum atomic E-state index is -1.07. The summed E-state index contributed by atoms with van der Waals surface area (Å²) >= 11 is 13.1. The van der Waals surface area contributed by atoms with Gasteiger partial charge in [-0.15, -0.1) is 0 Å². The number of fused-ring (bicyclic) bond motifs is 1. The van der Waals surface area contributed by atoms with Crippen LogP contribution in [0.4, 0.5) is 0 Å². The van der Waals surface area contributed by atoms with E-state index in [4.69, 9.17) is 28.3 Å². The van der Waals surface area contributed by atoms with Crippen LogP contribution in [0, 0.1) is 11.3 Å². The highest BCUT2D eigenvalue weighted by atomic mass is 35.5.